The molecule has 1 aliphatic carbocycles. The summed E-state index contributed by atoms with van der Waals surface area (Å²) in [4.78, 5) is 10.8. The Morgan fingerprint density at radius 2 is 2.18 bits per heavy atom. The summed E-state index contributed by atoms with van der Waals surface area (Å²) in [6.07, 6.45) is 0.869. The molecule has 0 saturated heterocycles. The molecule has 92 valence electrons. The first-order chi connectivity index (χ1) is 8.09. The molecule has 1 aromatic carbocycles. The molecule has 0 bridgehead atoms. The number of carbonyl (C=O) groups is 1. The van der Waals surface area contributed by atoms with Crippen molar-refractivity contribution < 1.29 is 14.3 Å². The fraction of sp³-hybridized carbons (Fsp3) is 0.462. The lowest BCUT2D eigenvalue weighted by Gasteiger charge is -2.20. The summed E-state index contributed by atoms with van der Waals surface area (Å²) in [6.45, 7) is 0.181. The topological polar surface area (TPSA) is 49.3 Å². The van der Waals surface area contributed by atoms with E-state index in [9.17, 15) is 9.18 Å². The van der Waals surface area contributed by atoms with E-state index in [4.69, 9.17) is 5.11 Å². The minimum absolute atomic E-state index is 0.113. The first-order valence-electron chi connectivity index (χ1n) is 5.80. The van der Waals surface area contributed by atoms with Crippen molar-refractivity contribution in [2.75, 3.05) is 11.9 Å². The molecular weight excluding hydrogens is 221 g/mol. The largest absolute Gasteiger partial charge is 0.481 e. The number of hydrogen-bond acceptors (Lipinski definition) is 2. The number of rotatable bonds is 4. The fourth-order valence-electron chi connectivity index (χ4n) is 2.27. The molecule has 4 heteroatoms. The number of nitrogens with one attached hydrogen (secondary N) is 1. The average Bonchev–Trinajstić information content (AvgIpc) is 2.72. The minimum atomic E-state index is -1.39. The number of halogens is 1. The standard InChI is InChI=1S/C13H16FNO2/c14-13(7-6-10(8-13)12(16)17)9-15-11-4-2-1-3-5-11/h1-5,10,15H,6-9H2,(H,16,17). The van der Waals surface area contributed by atoms with Gasteiger partial charge in [-0.05, 0) is 31.4 Å². The molecule has 0 amide bonds. The Morgan fingerprint density at radius 3 is 2.76 bits per heavy atom. The Bertz CT molecular complexity index is 396. The molecule has 2 atom stereocenters. The fourth-order valence-corrected chi connectivity index (χ4v) is 2.27. The smallest absolute Gasteiger partial charge is 0.306 e. The molecule has 3 nitrogen and oxygen atoms in total. The summed E-state index contributed by atoms with van der Waals surface area (Å²) in [5.74, 6) is -1.41. The second kappa shape index (κ2) is 4.73. The van der Waals surface area contributed by atoms with Gasteiger partial charge in [0.15, 0.2) is 0 Å². The number of para-hydroxylation sites is 1. The minimum Gasteiger partial charge on any atom is -0.481 e. The van der Waals surface area contributed by atoms with Crippen molar-refractivity contribution in [1.29, 1.82) is 0 Å². The molecule has 0 spiro atoms. The van der Waals surface area contributed by atoms with E-state index in [2.05, 4.69) is 5.32 Å². The highest BCUT2D eigenvalue weighted by Gasteiger charge is 2.42. The maximum atomic E-state index is 14.3. The summed E-state index contributed by atoms with van der Waals surface area (Å²) in [7, 11) is 0. The Hall–Kier alpha value is -1.58. The van der Waals surface area contributed by atoms with E-state index >= 15 is 0 Å². The van der Waals surface area contributed by atoms with Crippen molar-refractivity contribution in [3.8, 4) is 0 Å². The van der Waals surface area contributed by atoms with Gasteiger partial charge in [0, 0.05) is 12.2 Å². The Balaban J connectivity index is 1.89. The van der Waals surface area contributed by atoms with Crippen molar-refractivity contribution in [1.82, 2.24) is 0 Å². The SMILES string of the molecule is O=C(O)C1CCC(F)(CNc2ccccc2)C1. The maximum absolute atomic E-state index is 14.3. The lowest BCUT2D eigenvalue weighted by atomic mass is 10.0. The second-order valence-electron chi connectivity index (χ2n) is 4.65. The zero-order chi connectivity index (χ0) is 12.3. The number of hydrogen-bond donors (Lipinski definition) is 2. The van der Waals surface area contributed by atoms with Crippen molar-refractivity contribution in [2.45, 2.75) is 24.9 Å². The van der Waals surface area contributed by atoms with Crippen LogP contribution >= 0.6 is 0 Å². The number of benzene rings is 1. The van der Waals surface area contributed by atoms with Gasteiger partial charge < -0.3 is 10.4 Å². The number of aliphatic carboxylic acids is 1. The summed E-state index contributed by atoms with van der Waals surface area (Å²) >= 11 is 0. The van der Waals surface area contributed by atoms with Gasteiger partial charge in [0.2, 0.25) is 0 Å². The first-order valence-corrected chi connectivity index (χ1v) is 5.80. The first kappa shape index (κ1) is 11.9. The van der Waals surface area contributed by atoms with Crippen LogP contribution < -0.4 is 5.32 Å². The zero-order valence-corrected chi connectivity index (χ0v) is 9.53. The third-order valence-electron chi connectivity index (χ3n) is 3.29. The van der Waals surface area contributed by atoms with Gasteiger partial charge in [0.05, 0.1) is 5.92 Å². The highest BCUT2D eigenvalue weighted by Crippen LogP contribution is 2.38. The van der Waals surface area contributed by atoms with Gasteiger partial charge in [0.25, 0.3) is 0 Å². The third kappa shape index (κ3) is 2.96. The van der Waals surface area contributed by atoms with Crippen LogP contribution in [0.2, 0.25) is 0 Å². The van der Waals surface area contributed by atoms with Crippen LogP contribution in [-0.4, -0.2) is 23.3 Å². The van der Waals surface area contributed by atoms with E-state index in [1.54, 1.807) is 0 Å². The maximum Gasteiger partial charge on any atom is 0.306 e. The van der Waals surface area contributed by atoms with Crippen LogP contribution in [0.15, 0.2) is 30.3 Å². The predicted molar refractivity (Wildman–Crippen MR) is 63.7 cm³/mol. The van der Waals surface area contributed by atoms with Gasteiger partial charge >= 0.3 is 5.97 Å². The average molecular weight is 237 g/mol. The number of carboxylic acids is 1. The van der Waals surface area contributed by atoms with Crippen molar-refractivity contribution in [3.63, 3.8) is 0 Å². The van der Waals surface area contributed by atoms with E-state index in [-0.39, 0.29) is 13.0 Å². The Labute approximate surface area is 99.7 Å². The predicted octanol–water partition coefficient (Wildman–Crippen LogP) is 2.69. The number of anilines is 1. The molecule has 0 aliphatic heterocycles. The van der Waals surface area contributed by atoms with Crippen LogP contribution in [0.25, 0.3) is 0 Å². The van der Waals surface area contributed by atoms with E-state index < -0.39 is 17.6 Å². The third-order valence-corrected chi connectivity index (χ3v) is 3.29. The molecular formula is C13H16FNO2. The lowest BCUT2D eigenvalue weighted by Crippen LogP contribution is -2.30. The van der Waals surface area contributed by atoms with Crippen LogP contribution in [0.1, 0.15) is 19.3 Å². The van der Waals surface area contributed by atoms with E-state index in [0.29, 0.717) is 12.8 Å². The summed E-state index contributed by atoms with van der Waals surface area (Å²) in [6, 6.07) is 9.39. The normalized spacial score (nSPS) is 27.9. The van der Waals surface area contributed by atoms with Crippen LogP contribution in [0.3, 0.4) is 0 Å². The molecule has 2 unspecified atom stereocenters. The van der Waals surface area contributed by atoms with Crippen molar-refractivity contribution in [2.24, 2.45) is 5.92 Å². The van der Waals surface area contributed by atoms with E-state index in [0.717, 1.165) is 5.69 Å². The van der Waals surface area contributed by atoms with Gasteiger partial charge in [-0.25, -0.2) is 4.39 Å². The molecule has 0 aromatic heterocycles. The van der Waals surface area contributed by atoms with Gasteiger partial charge in [0.1, 0.15) is 5.67 Å². The second-order valence-corrected chi connectivity index (χ2v) is 4.65. The number of alkyl halides is 1. The molecule has 0 heterocycles. The van der Waals surface area contributed by atoms with Gasteiger partial charge in [-0.2, -0.15) is 0 Å². The molecule has 1 aromatic rings. The molecule has 1 aliphatic rings. The summed E-state index contributed by atoms with van der Waals surface area (Å²) < 4.78 is 14.3. The molecule has 2 N–H and O–H groups in total. The quantitative estimate of drug-likeness (QED) is 0.846. The van der Waals surface area contributed by atoms with Gasteiger partial charge in [-0.15, -0.1) is 0 Å². The van der Waals surface area contributed by atoms with E-state index in [1.807, 2.05) is 30.3 Å². The summed E-state index contributed by atoms with van der Waals surface area (Å²) in [5.41, 5.74) is -0.526. The highest BCUT2D eigenvalue weighted by atomic mass is 19.1. The molecule has 2 rings (SSSR count). The lowest BCUT2D eigenvalue weighted by molar-refractivity contribution is -0.141. The van der Waals surface area contributed by atoms with Crippen molar-refractivity contribution >= 4 is 11.7 Å². The van der Waals surface area contributed by atoms with Crippen LogP contribution in [0.5, 0.6) is 0 Å². The monoisotopic (exact) mass is 237 g/mol. The van der Waals surface area contributed by atoms with Gasteiger partial charge in [-0.1, -0.05) is 18.2 Å². The van der Waals surface area contributed by atoms with Crippen LogP contribution in [0.4, 0.5) is 10.1 Å². The van der Waals surface area contributed by atoms with Crippen LogP contribution in [0, 0.1) is 5.92 Å². The van der Waals surface area contributed by atoms with E-state index in [1.165, 1.54) is 0 Å². The number of carboxylic acid groups (broad SMARTS) is 1. The zero-order valence-electron chi connectivity index (χ0n) is 9.53. The molecule has 1 saturated carbocycles. The Kier molecular flexibility index (Phi) is 3.31. The summed E-state index contributed by atoms with van der Waals surface area (Å²) in [5, 5.41) is 11.9. The Morgan fingerprint density at radius 1 is 1.47 bits per heavy atom. The van der Waals surface area contributed by atoms with Crippen molar-refractivity contribution in [3.05, 3.63) is 30.3 Å². The molecule has 1 fully saturated rings. The highest BCUT2D eigenvalue weighted by molar-refractivity contribution is 5.70. The van der Waals surface area contributed by atoms with Gasteiger partial charge in [-0.3, -0.25) is 4.79 Å². The molecule has 0 radical (unpaired) electrons. The van der Waals surface area contributed by atoms with Crippen LogP contribution in [-0.2, 0) is 4.79 Å². The molecule has 17 heavy (non-hydrogen) atoms.